The molecule has 1 N–H and O–H groups in total. The second-order valence-electron chi connectivity index (χ2n) is 4.09. The molecule has 0 aromatic carbocycles. The lowest BCUT2D eigenvalue weighted by Crippen LogP contribution is -2.39. The quantitative estimate of drug-likeness (QED) is 0.582. The molecule has 1 atom stereocenters. The lowest BCUT2D eigenvalue weighted by molar-refractivity contribution is 0.0423. The van der Waals surface area contributed by atoms with Gasteiger partial charge >= 0.3 is 6.09 Å². The van der Waals surface area contributed by atoms with Gasteiger partial charge in [-0.1, -0.05) is 0 Å². The molecular formula is C8H17NO5S. The molecule has 0 aliphatic heterocycles. The SMILES string of the molecule is CC(NC(=O)OC(C)(C)C)OS(C)(=O)=O. The summed E-state index contributed by atoms with van der Waals surface area (Å²) in [5.74, 6) is 0. The summed E-state index contributed by atoms with van der Waals surface area (Å²) in [6.45, 7) is 6.50. The van der Waals surface area contributed by atoms with Gasteiger partial charge in [0.1, 0.15) is 11.8 Å². The first-order valence-corrected chi connectivity index (χ1v) is 6.19. The number of hydrogen-bond donors (Lipinski definition) is 1. The van der Waals surface area contributed by atoms with Crippen molar-refractivity contribution in [2.45, 2.75) is 39.5 Å². The Morgan fingerprint density at radius 2 is 1.80 bits per heavy atom. The van der Waals surface area contributed by atoms with Crippen LogP contribution in [0.4, 0.5) is 4.79 Å². The first-order valence-electron chi connectivity index (χ1n) is 4.37. The van der Waals surface area contributed by atoms with Crippen LogP contribution in [-0.4, -0.2) is 32.6 Å². The zero-order valence-corrected chi connectivity index (χ0v) is 10.3. The van der Waals surface area contributed by atoms with Crippen molar-refractivity contribution in [2.24, 2.45) is 0 Å². The minimum atomic E-state index is -3.58. The largest absolute Gasteiger partial charge is 0.444 e. The van der Waals surface area contributed by atoms with Crippen LogP contribution in [0, 0.1) is 0 Å². The first-order chi connectivity index (χ1) is 6.49. The topological polar surface area (TPSA) is 81.7 Å². The predicted octanol–water partition coefficient (Wildman–Crippen LogP) is 0.833. The van der Waals surface area contributed by atoms with Gasteiger partial charge in [0.15, 0.2) is 0 Å². The highest BCUT2D eigenvalue weighted by Gasteiger charge is 2.19. The van der Waals surface area contributed by atoms with Gasteiger partial charge < -0.3 is 4.74 Å². The Balaban J connectivity index is 4.09. The molecule has 0 saturated heterocycles. The van der Waals surface area contributed by atoms with Gasteiger partial charge in [0.05, 0.1) is 6.26 Å². The van der Waals surface area contributed by atoms with Gasteiger partial charge in [-0.25, -0.2) is 8.98 Å². The highest BCUT2D eigenvalue weighted by molar-refractivity contribution is 7.86. The minimum absolute atomic E-state index is 0.630. The molecule has 1 amide bonds. The fraction of sp³-hybridized carbons (Fsp3) is 0.875. The zero-order valence-electron chi connectivity index (χ0n) is 9.53. The minimum Gasteiger partial charge on any atom is -0.444 e. The summed E-state index contributed by atoms with van der Waals surface area (Å²) in [6, 6.07) is 0. The number of hydrogen-bond acceptors (Lipinski definition) is 5. The van der Waals surface area contributed by atoms with E-state index in [1.165, 1.54) is 6.92 Å². The molecule has 1 unspecified atom stereocenters. The lowest BCUT2D eigenvalue weighted by atomic mass is 10.2. The van der Waals surface area contributed by atoms with Crippen molar-refractivity contribution in [3.8, 4) is 0 Å². The Morgan fingerprint density at radius 3 is 2.13 bits per heavy atom. The second-order valence-corrected chi connectivity index (χ2v) is 5.69. The number of nitrogens with one attached hydrogen (secondary N) is 1. The number of rotatable bonds is 3. The van der Waals surface area contributed by atoms with Crippen molar-refractivity contribution in [1.29, 1.82) is 0 Å². The van der Waals surface area contributed by atoms with E-state index in [1.54, 1.807) is 20.8 Å². The summed E-state index contributed by atoms with van der Waals surface area (Å²) in [7, 11) is -3.58. The number of amides is 1. The first kappa shape index (κ1) is 14.2. The van der Waals surface area contributed by atoms with E-state index < -0.39 is 28.0 Å². The molecule has 0 rings (SSSR count). The second kappa shape index (κ2) is 4.80. The maximum absolute atomic E-state index is 11.1. The average Bonchev–Trinajstić information content (AvgIpc) is 1.73. The molecule has 90 valence electrons. The molecule has 0 aromatic heterocycles. The van der Waals surface area contributed by atoms with Gasteiger partial charge in [0, 0.05) is 0 Å². The number of carbonyl (C=O) groups excluding carboxylic acids is 1. The molecule has 0 aliphatic rings. The summed E-state index contributed by atoms with van der Waals surface area (Å²) >= 11 is 0. The van der Waals surface area contributed by atoms with Gasteiger partial charge in [-0.2, -0.15) is 8.42 Å². The molecule has 0 aromatic rings. The number of alkyl carbamates (subject to hydrolysis) is 1. The highest BCUT2D eigenvalue weighted by Crippen LogP contribution is 2.07. The molecule has 0 heterocycles. The Labute approximate surface area is 90.1 Å². The monoisotopic (exact) mass is 239 g/mol. The van der Waals surface area contributed by atoms with Crippen LogP contribution in [0.3, 0.4) is 0 Å². The summed E-state index contributed by atoms with van der Waals surface area (Å²) < 4.78 is 30.8. The molecule has 0 saturated carbocycles. The third-order valence-electron chi connectivity index (χ3n) is 1.04. The van der Waals surface area contributed by atoms with Crippen molar-refractivity contribution >= 4 is 16.2 Å². The van der Waals surface area contributed by atoms with Gasteiger partial charge in [-0.15, -0.1) is 0 Å². The summed E-state index contributed by atoms with van der Waals surface area (Å²) in [5, 5.41) is 2.23. The van der Waals surface area contributed by atoms with Crippen molar-refractivity contribution in [1.82, 2.24) is 5.32 Å². The standard InChI is InChI=1S/C8H17NO5S/c1-6(14-15(5,11)12)9-7(10)13-8(2,3)4/h6H,1-5H3,(H,9,10). The molecule has 0 radical (unpaired) electrons. The number of carbonyl (C=O) groups is 1. The van der Waals surface area contributed by atoms with Crippen molar-refractivity contribution in [2.75, 3.05) is 6.26 Å². The van der Waals surface area contributed by atoms with Crippen LogP contribution in [0.15, 0.2) is 0 Å². The van der Waals surface area contributed by atoms with Gasteiger partial charge in [-0.05, 0) is 27.7 Å². The molecule has 0 spiro atoms. The molecule has 15 heavy (non-hydrogen) atoms. The highest BCUT2D eigenvalue weighted by atomic mass is 32.2. The normalized spacial score (nSPS) is 14.5. The lowest BCUT2D eigenvalue weighted by Gasteiger charge is -2.21. The van der Waals surface area contributed by atoms with E-state index in [0.717, 1.165) is 6.26 Å². The van der Waals surface area contributed by atoms with Gasteiger partial charge in [-0.3, -0.25) is 5.32 Å². The average molecular weight is 239 g/mol. The van der Waals surface area contributed by atoms with Crippen LogP contribution in [0.5, 0.6) is 0 Å². The Bertz CT molecular complexity index is 316. The number of ether oxygens (including phenoxy) is 1. The van der Waals surface area contributed by atoms with Crippen LogP contribution in [0.25, 0.3) is 0 Å². The van der Waals surface area contributed by atoms with E-state index in [9.17, 15) is 13.2 Å². The maximum Gasteiger partial charge on any atom is 0.409 e. The Kier molecular flexibility index (Phi) is 4.54. The van der Waals surface area contributed by atoms with Crippen molar-refractivity contribution in [3.63, 3.8) is 0 Å². The third-order valence-corrected chi connectivity index (χ3v) is 1.68. The Hall–Kier alpha value is -0.820. The molecule has 0 bridgehead atoms. The van der Waals surface area contributed by atoms with Crippen LogP contribution >= 0.6 is 0 Å². The van der Waals surface area contributed by atoms with Crippen LogP contribution in [0.2, 0.25) is 0 Å². The summed E-state index contributed by atoms with van der Waals surface area (Å²) in [6.07, 6.45) is -0.770. The van der Waals surface area contributed by atoms with E-state index in [1.807, 2.05) is 0 Å². The van der Waals surface area contributed by atoms with E-state index >= 15 is 0 Å². The molecule has 0 fully saturated rings. The summed E-state index contributed by atoms with van der Waals surface area (Å²) in [5.41, 5.74) is -0.630. The fourth-order valence-electron chi connectivity index (χ4n) is 0.760. The van der Waals surface area contributed by atoms with Crippen LogP contribution < -0.4 is 5.32 Å². The maximum atomic E-state index is 11.1. The van der Waals surface area contributed by atoms with Crippen LogP contribution in [-0.2, 0) is 19.0 Å². The van der Waals surface area contributed by atoms with Gasteiger partial charge in [0.25, 0.3) is 10.1 Å². The summed E-state index contributed by atoms with van der Waals surface area (Å²) in [4.78, 5) is 11.1. The Morgan fingerprint density at radius 1 is 1.33 bits per heavy atom. The van der Waals surface area contributed by atoms with E-state index in [-0.39, 0.29) is 0 Å². The molecule has 7 heteroatoms. The van der Waals surface area contributed by atoms with Gasteiger partial charge in [0.2, 0.25) is 0 Å². The molecular weight excluding hydrogens is 222 g/mol. The van der Waals surface area contributed by atoms with E-state index in [0.29, 0.717) is 0 Å². The van der Waals surface area contributed by atoms with E-state index in [4.69, 9.17) is 4.74 Å². The van der Waals surface area contributed by atoms with Crippen molar-refractivity contribution in [3.05, 3.63) is 0 Å². The predicted molar refractivity (Wildman–Crippen MR) is 54.8 cm³/mol. The van der Waals surface area contributed by atoms with Crippen molar-refractivity contribution < 1.29 is 22.1 Å². The zero-order chi connectivity index (χ0) is 12.3. The van der Waals surface area contributed by atoms with E-state index in [2.05, 4.69) is 9.50 Å². The molecule has 6 nitrogen and oxygen atoms in total. The smallest absolute Gasteiger partial charge is 0.409 e. The van der Waals surface area contributed by atoms with Crippen LogP contribution in [0.1, 0.15) is 27.7 Å². The fourth-order valence-corrected chi connectivity index (χ4v) is 1.33. The molecule has 0 aliphatic carbocycles. The third kappa shape index (κ3) is 9.48.